The van der Waals surface area contributed by atoms with Gasteiger partial charge in [-0.25, -0.2) is 0 Å². The van der Waals surface area contributed by atoms with Crippen LogP contribution in [0.15, 0.2) is 11.5 Å². The lowest BCUT2D eigenvalue weighted by Crippen LogP contribution is -2.41. The Morgan fingerprint density at radius 3 is 2.32 bits per heavy atom. The fraction of sp³-hybridized carbons (Fsp3) is 0.786. The van der Waals surface area contributed by atoms with E-state index in [2.05, 4.69) is 33.8 Å². The van der Waals surface area contributed by atoms with Crippen LogP contribution in [0.4, 0.5) is 0 Å². The Kier molecular flexibility index (Phi) is 3.80. The molecule has 5 heteroatoms. The van der Waals surface area contributed by atoms with Crippen molar-refractivity contribution in [2.24, 2.45) is 0 Å². The normalized spacial score (nSPS) is 26.1. The summed E-state index contributed by atoms with van der Waals surface area (Å²) in [6.07, 6.45) is 3.88. The van der Waals surface area contributed by atoms with Gasteiger partial charge in [0.05, 0.1) is 11.2 Å². The molecule has 0 spiro atoms. The van der Waals surface area contributed by atoms with Gasteiger partial charge in [0.2, 0.25) is 5.91 Å². The van der Waals surface area contributed by atoms with Crippen molar-refractivity contribution in [3.8, 4) is 0 Å². The minimum absolute atomic E-state index is 0.142. The van der Waals surface area contributed by atoms with Crippen LogP contribution in [0.2, 0.25) is 0 Å². The highest BCUT2D eigenvalue weighted by molar-refractivity contribution is 6.54. The first kappa shape index (κ1) is 14.6. The molecule has 1 amide bonds. The van der Waals surface area contributed by atoms with Crippen LogP contribution in [-0.4, -0.2) is 42.2 Å². The largest absolute Gasteiger partial charge is 0.490 e. The second kappa shape index (κ2) is 4.95. The number of amides is 1. The van der Waals surface area contributed by atoms with Crippen molar-refractivity contribution in [3.05, 3.63) is 11.5 Å². The molecule has 0 N–H and O–H groups in total. The highest BCUT2D eigenvalue weighted by Gasteiger charge is 2.52. The third-order valence-corrected chi connectivity index (χ3v) is 4.48. The highest BCUT2D eigenvalue weighted by atomic mass is 16.7. The van der Waals surface area contributed by atoms with Crippen molar-refractivity contribution in [2.75, 3.05) is 13.1 Å². The van der Waals surface area contributed by atoms with Gasteiger partial charge in [-0.2, -0.15) is 0 Å². The first-order valence-electron chi connectivity index (χ1n) is 7.03. The molecule has 0 bridgehead atoms. The van der Waals surface area contributed by atoms with Crippen LogP contribution >= 0.6 is 0 Å². The molecule has 0 aromatic rings. The van der Waals surface area contributed by atoms with Crippen LogP contribution in [0.1, 0.15) is 47.5 Å². The van der Waals surface area contributed by atoms with Crippen LogP contribution in [-0.2, 0) is 14.1 Å². The summed E-state index contributed by atoms with van der Waals surface area (Å²) in [7, 11) is -0.267. The topological polar surface area (TPSA) is 38.8 Å². The van der Waals surface area contributed by atoms with E-state index in [0.717, 1.165) is 25.9 Å². The lowest BCUT2D eigenvalue weighted by atomic mass is 9.76. The molecule has 4 nitrogen and oxygen atoms in total. The van der Waals surface area contributed by atoms with Crippen molar-refractivity contribution in [1.82, 2.24) is 4.90 Å². The molecule has 2 heterocycles. The van der Waals surface area contributed by atoms with Gasteiger partial charge in [-0.15, -0.1) is 0 Å². The summed E-state index contributed by atoms with van der Waals surface area (Å²) in [6, 6.07) is 0. The molecular weight excluding hydrogens is 241 g/mol. The van der Waals surface area contributed by atoms with E-state index in [4.69, 9.17) is 9.31 Å². The van der Waals surface area contributed by atoms with E-state index in [1.54, 1.807) is 6.92 Å². The van der Waals surface area contributed by atoms with Crippen molar-refractivity contribution >= 4 is 13.0 Å². The number of hydrogen-bond donors (Lipinski definition) is 0. The fourth-order valence-corrected chi connectivity index (χ4v) is 2.41. The summed E-state index contributed by atoms with van der Waals surface area (Å²) in [5, 5.41) is 0. The van der Waals surface area contributed by atoms with Gasteiger partial charge in [-0.1, -0.05) is 6.08 Å². The van der Waals surface area contributed by atoms with E-state index < -0.39 is 0 Å². The monoisotopic (exact) mass is 265 g/mol. The first-order valence-corrected chi connectivity index (χ1v) is 7.03. The third kappa shape index (κ3) is 2.87. The standard InChI is InChI=1S/C14H24BNO3/c1-11(17)16-9-6-7-12(8-10-16)15-18-13(2,3)14(4,5)19-15/h7H,6,8-10H2,1-5H3. The Morgan fingerprint density at radius 1 is 1.21 bits per heavy atom. The second-order valence-corrected chi connectivity index (χ2v) is 6.41. The molecule has 2 rings (SSSR count). The molecule has 2 aliphatic heterocycles. The number of hydrogen-bond acceptors (Lipinski definition) is 3. The molecule has 0 aromatic carbocycles. The number of rotatable bonds is 1. The Bertz CT molecular complexity index is 387. The molecule has 0 atom stereocenters. The summed E-state index contributed by atoms with van der Waals surface area (Å²) in [5.74, 6) is 0.142. The highest BCUT2D eigenvalue weighted by Crippen LogP contribution is 2.39. The van der Waals surface area contributed by atoms with Gasteiger partial charge < -0.3 is 14.2 Å². The molecule has 106 valence electrons. The fourth-order valence-electron chi connectivity index (χ4n) is 2.41. The number of carbonyl (C=O) groups is 1. The van der Waals surface area contributed by atoms with E-state index in [0.29, 0.717) is 0 Å². The predicted molar refractivity (Wildman–Crippen MR) is 75.7 cm³/mol. The maximum absolute atomic E-state index is 11.4. The zero-order valence-corrected chi connectivity index (χ0v) is 12.7. The first-order chi connectivity index (χ1) is 8.73. The lowest BCUT2D eigenvalue weighted by Gasteiger charge is -2.32. The van der Waals surface area contributed by atoms with Crippen molar-refractivity contribution in [2.45, 2.75) is 58.7 Å². The molecule has 1 fully saturated rings. The van der Waals surface area contributed by atoms with E-state index in [9.17, 15) is 4.79 Å². The SMILES string of the molecule is CC(=O)N1CCC=C(B2OC(C)(C)C(C)(C)O2)CC1. The summed E-state index contributed by atoms with van der Waals surface area (Å²) >= 11 is 0. The van der Waals surface area contributed by atoms with Crippen LogP contribution < -0.4 is 0 Å². The second-order valence-electron chi connectivity index (χ2n) is 6.41. The minimum Gasteiger partial charge on any atom is -0.400 e. The maximum atomic E-state index is 11.4. The van der Waals surface area contributed by atoms with E-state index in [1.165, 1.54) is 5.47 Å². The number of nitrogens with zero attached hydrogens (tertiary/aromatic N) is 1. The minimum atomic E-state index is -0.301. The molecule has 1 saturated heterocycles. The molecule has 2 aliphatic rings. The number of carbonyl (C=O) groups excluding carboxylic acids is 1. The van der Waals surface area contributed by atoms with Crippen molar-refractivity contribution in [3.63, 3.8) is 0 Å². The van der Waals surface area contributed by atoms with Gasteiger partial charge in [0.25, 0.3) is 0 Å². The molecule has 19 heavy (non-hydrogen) atoms. The molecule has 0 aliphatic carbocycles. The lowest BCUT2D eigenvalue weighted by molar-refractivity contribution is -0.128. The van der Waals surface area contributed by atoms with Gasteiger partial charge in [-0.05, 0) is 46.0 Å². The van der Waals surface area contributed by atoms with Crippen LogP contribution in [0.5, 0.6) is 0 Å². The van der Waals surface area contributed by atoms with Gasteiger partial charge in [-0.3, -0.25) is 4.79 Å². The maximum Gasteiger partial charge on any atom is 0.490 e. The van der Waals surface area contributed by atoms with Crippen molar-refractivity contribution < 1.29 is 14.1 Å². The molecule has 0 radical (unpaired) electrons. The van der Waals surface area contributed by atoms with Gasteiger partial charge in [0.1, 0.15) is 0 Å². The molecular formula is C14H24BNO3. The zero-order valence-electron chi connectivity index (χ0n) is 12.7. The van der Waals surface area contributed by atoms with E-state index >= 15 is 0 Å². The van der Waals surface area contributed by atoms with Crippen LogP contribution in [0.3, 0.4) is 0 Å². The Hall–Kier alpha value is -0.805. The summed E-state index contributed by atoms with van der Waals surface area (Å²) in [5.41, 5.74) is 0.568. The molecule has 0 unspecified atom stereocenters. The molecule has 0 aromatic heterocycles. The average molecular weight is 265 g/mol. The Labute approximate surface area is 116 Å². The van der Waals surface area contributed by atoms with Gasteiger partial charge >= 0.3 is 7.12 Å². The quantitative estimate of drug-likeness (QED) is 0.682. The van der Waals surface area contributed by atoms with Crippen LogP contribution in [0, 0.1) is 0 Å². The van der Waals surface area contributed by atoms with Gasteiger partial charge in [0.15, 0.2) is 0 Å². The average Bonchev–Trinajstić information content (AvgIpc) is 2.47. The van der Waals surface area contributed by atoms with E-state index in [-0.39, 0.29) is 24.2 Å². The zero-order chi connectivity index (χ0) is 14.3. The smallest absolute Gasteiger partial charge is 0.400 e. The van der Waals surface area contributed by atoms with Crippen molar-refractivity contribution in [1.29, 1.82) is 0 Å². The van der Waals surface area contributed by atoms with Gasteiger partial charge in [0, 0.05) is 20.0 Å². The summed E-state index contributed by atoms with van der Waals surface area (Å²) in [4.78, 5) is 13.3. The Morgan fingerprint density at radius 2 is 1.79 bits per heavy atom. The predicted octanol–water partition coefficient (Wildman–Crippen LogP) is 2.19. The summed E-state index contributed by atoms with van der Waals surface area (Å²) < 4.78 is 12.1. The third-order valence-electron chi connectivity index (χ3n) is 4.48. The van der Waals surface area contributed by atoms with E-state index in [1.807, 2.05) is 4.90 Å². The summed E-state index contributed by atoms with van der Waals surface area (Å²) in [6.45, 7) is 11.4. The Balaban J connectivity index is 2.05. The molecule has 0 saturated carbocycles. The van der Waals surface area contributed by atoms with Crippen LogP contribution in [0.25, 0.3) is 0 Å².